The number of thiocarbonyl (C=S) groups is 1. The van der Waals surface area contributed by atoms with Gasteiger partial charge in [-0.2, -0.15) is 0 Å². The number of benzene rings is 1. The summed E-state index contributed by atoms with van der Waals surface area (Å²) in [6.07, 6.45) is 6.16. The van der Waals surface area contributed by atoms with Gasteiger partial charge in [0.1, 0.15) is 5.60 Å². The van der Waals surface area contributed by atoms with Crippen molar-refractivity contribution in [2.45, 2.75) is 42.6 Å². The van der Waals surface area contributed by atoms with Gasteiger partial charge in [0.05, 0.1) is 0 Å². The Morgan fingerprint density at radius 1 is 1.29 bits per heavy atom. The minimum absolute atomic E-state index is 0.0534. The Kier molecular flexibility index (Phi) is 2.91. The van der Waals surface area contributed by atoms with Gasteiger partial charge in [0, 0.05) is 10.5 Å². The first-order valence-electron chi connectivity index (χ1n) is 6.20. The Balaban J connectivity index is 1.78. The van der Waals surface area contributed by atoms with E-state index in [1.165, 1.54) is 32.1 Å². The lowest BCUT2D eigenvalue weighted by molar-refractivity contribution is 0.0717. The van der Waals surface area contributed by atoms with E-state index in [0.29, 0.717) is 5.05 Å². The highest BCUT2D eigenvalue weighted by molar-refractivity contribution is 7.81. The fourth-order valence-corrected chi connectivity index (χ4v) is 3.87. The van der Waals surface area contributed by atoms with E-state index in [1.807, 2.05) is 24.3 Å². The summed E-state index contributed by atoms with van der Waals surface area (Å²) in [4.78, 5) is 0.904. The third-order valence-electron chi connectivity index (χ3n) is 4.11. The van der Waals surface area contributed by atoms with E-state index in [-0.39, 0.29) is 5.60 Å². The van der Waals surface area contributed by atoms with Crippen LogP contribution in [0.15, 0.2) is 29.2 Å². The minimum Gasteiger partial charge on any atom is -0.476 e. The Bertz CT molecular complexity index is 447. The highest BCUT2D eigenvalue weighted by Crippen LogP contribution is 2.50. The molecule has 0 aromatic heterocycles. The van der Waals surface area contributed by atoms with Crippen LogP contribution in [0.5, 0.6) is 0 Å². The molecule has 0 amide bonds. The van der Waals surface area contributed by atoms with Crippen LogP contribution in [-0.4, -0.2) is 10.7 Å². The molecule has 0 aliphatic heterocycles. The largest absolute Gasteiger partial charge is 0.476 e. The Labute approximate surface area is 113 Å². The van der Waals surface area contributed by atoms with Crippen LogP contribution in [0.25, 0.3) is 0 Å². The van der Waals surface area contributed by atoms with E-state index < -0.39 is 0 Å². The first-order valence-corrected chi connectivity index (χ1v) is 7.05. The molecule has 0 heterocycles. The summed E-state index contributed by atoms with van der Waals surface area (Å²) in [5.41, 5.74) is 1.01. The number of hydrogen-bond acceptors (Lipinski definition) is 3. The van der Waals surface area contributed by atoms with Crippen molar-refractivity contribution in [2.24, 2.45) is 5.92 Å². The van der Waals surface area contributed by atoms with Gasteiger partial charge in [0.25, 0.3) is 0 Å². The van der Waals surface area contributed by atoms with E-state index in [1.54, 1.807) is 0 Å². The van der Waals surface area contributed by atoms with E-state index in [2.05, 4.69) is 12.6 Å². The molecule has 1 aromatic rings. The van der Waals surface area contributed by atoms with Crippen LogP contribution in [0.1, 0.15) is 37.7 Å². The van der Waals surface area contributed by atoms with Gasteiger partial charge in [-0.3, -0.25) is 0 Å². The summed E-state index contributed by atoms with van der Waals surface area (Å²) < 4.78 is 6.14. The number of thiol groups is 1. The van der Waals surface area contributed by atoms with Crippen LogP contribution in [0.4, 0.5) is 0 Å². The van der Waals surface area contributed by atoms with Crippen molar-refractivity contribution < 1.29 is 4.74 Å². The minimum atomic E-state index is 0.0534. The Morgan fingerprint density at radius 3 is 2.59 bits per heavy atom. The zero-order valence-electron chi connectivity index (χ0n) is 9.69. The molecule has 0 unspecified atom stereocenters. The summed E-state index contributed by atoms with van der Waals surface area (Å²) in [7, 11) is 0. The van der Waals surface area contributed by atoms with Crippen molar-refractivity contribution >= 4 is 29.9 Å². The summed E-state index contributed by atoms with van der Waals surface area (Å²) in [6.45, 7) is 0. The van der Waals surface area contributed by atoms with Gasteiger partial charge in [-0.1, -0.05) is 12.1 Å². The fourth-order valence-electron chi connectivity index (χ4n) is 3.18. The molecule has 0 atom stereocenters. The van der Waals surface area contributed by atoms with Crippen molar-refractivity contribution in [3.63, 3.8) is 0 Å². The first kappa shape index (κ1) is 11.5. The highest BCUT2D eigenvalue weighted by Gasteiger charge is 2.47. The van der Waals surface area contributed by atoms with Crippen LogP contribution in [-0.2, 0) is 4.74 Å². The molecular weight excluding hydrogens is 248 g/mol. The van der Waals surface area contributed by atoms with Crippen LogP contribution >= 0.6 is 24.8 Å². The number of hydrogen-bond donors (Lipinski definition) is 1. The molecule has 3 rings (SSSR count). The molecule has 3 heteroatoms. The molecule has 1 aromatic carbocycles. The van der Waals surface area contributed by atoms with Gasteiger partial charge < -0.3 is 4.74 Å². The molecule has 2 bridgehead atoms. The van der Waals surface area contributed by atoms with Gasteiger partial charge in [0.15, 0.2) is 5.05 Å². The Hall–Kier alpha value is -0.540. The molecule has 0 saturated heterocycles. The highest BCUT2D eigenvalue weighted by atomic mass is 32.1. The second-order valence-corrected chi connectivity index (χ2v) is 6.09. The van der Waals surface area contributed by atoms with E-state index in [4.69, 9.17) is 17.0 Å². The summed E-state index contributed by atoms with van der Waals surface area (Å²) in [5.74, 6) is 0.879. The lowest BCUT2D eigenvalue weighted by atomic mass is 9.97. The van der Waals surface area contributed by atoms with Gasteiger partial charge in [0.2, 0.25) is 0 Å². The monoisotopic (exact) mass is 264 g/mol. The summed E-state index contributed by atoms with van der Waals surface area (Å²) in [6, 6.07) is 7.89. The predicted molar refractivity (Wildman–Crippen MR) is 75.8 cm³/mol. The maximum atomic E-state index is 6.14. The topological polar surface area (TPSA) is 9.23 Å². The van der Waals surface area contributed by atoms with E-state index in [0.717, 1.165) is 16.4 Å². The van der Waals surface area contributed by atoms with E-state index >= 15 is 0 Å². The van der Waals surface area contributed by atoms with Gasteiger partial charge in [-0.15, -0.1) is 12.6 Å². The number of ether oxygens (including phenoxy) is 1. The zero-order chi connectivity index (χ0) is 11.9. The van der Waals surface area contributed by atoms with Crippen molar-refractivity contribution in [3.8, 4) is 0 Å². The number of rotatable bonds is 2. The average molecular weight is 264 g/mol. The average Bonchev–Trinajstić information content (AvgIpc) is 2.89. The SMILES string of the molecule is S=C(OC12CCC(CC1)C2)c1ccccc1S. The van der Waals surface area contributed by atoms with Crippen molar-refractivity contribution in [3.05, 3.63) is 29.8 Å². The van der Waals surface area contributed by atoms with Crippen LogP contribution < -0.4 is 0 Å². The molecule has 0 spiro atoms. The Morgan fingerprint density at radius 2 is 2.00 bits per heavy atom. The molecule has 2 fully saturated rings. The standard InChI is InChI=1S/C14H16OS2/c16-12-4-2-1-3-11(12)13(17)15-14-7-5-10(9-14)6-8-14/h1-4,10,16H,5-9H2. The fraction of sp³-hybridized carbons (Fsp3) is 0.500. The molecule has 2 aliphatic rings. The van der Waals surface area contributed by atoms with Gasteiger partial charge >= 0.3 is 0 Å². The molecule has 90 valence electrons. The maximum absolute atomic E-state index is 6.14. The predicted octanol–water partition coefficient (Wildman–Crippen LogP) is 4.00. The molecule has 2 aliphatic carbocycles. The van der Waals surface area contributed by atoms with Crippen molar-refractivity contribution in [2.75, 3.05) is 0 Å². The van der Waals surface area contributed by atoms with Crippen molar-refractivity contribution in [1.82, 2.24) is 0 Å². The molecule has 0 radical (unpaired) electrons. The lowest BCUT2D eigenvalue weighted by Crippen LogP contribution is -2.29. The van der Waals surface area contributed by atoms with Crippen LogP contribution in [0.2, 0.25) is 0 Å². The smallest absolute Gasteiger partial charge is 0.192 e. The maximum Gasteiger partial charge on any atom is 0.192 e. The summed E-state index contributed by atoms with van der Waals surface area (Å²) >= 11 is 9.86. The van der Waals surface area contributed by atoms with Crippen molar-refractivity contribution in [1.29, 1.82) is 0 Å². The third kappa shape index (κ3) is 2.11. The molecule has 0 N–H and O–H groups in total. The second kappa shape index (κ2) is 4.29. The lowest BCUT2D eigenvalue weighted by Gasteiger charge is -2.28. The third-order valence-corrected chi connectivity index (χ3v) is 4.80. The number of fused-ring (bicyclic) bond motifs is 2. The normalized spacial score (nSPS) is 30.5. The summed E-state index contributed by atoms with van der Waals surface area (Å²) in [5, 5.41) is 0.623. The molecule has 2 saturated carbocycles. The van der Waals surface area contributed by atoms with E-state index in [9.17, 15) is 0 Å². The molecular formula is C14H16OS2. The molecule has 17 heavy (non-hydrogen) atoms. The van der Waals surface area contributed by atoms with Gasteiger partial charge in [-0.25, -0.2) is 0 Å². The first-order chi connectivity index (χ1) is 8.19. The zero-order valence-corrected chi connectivity index (χ0v) is 11.4. The second-order valence-electron chi connectivity index (χ2n) is 5.24. The van der Waals surface area contributed by atoms with Crippen LogP contribution in [0.3, 0.4) is 0 Å². The van der Waals surface area contributed by atoms with Gasteiger partial charge in [-0.05, 0) is 62.4 Å². The quantitative estimate of drug-likeness (QED) is 0.638. The molecule has 1 nitrogen and oxygen atoms in total. The van der Waals surface area contributed by atoms with Crippen LogP contribution in [0, 0.1) is 5.92 Å².